The van der Waals surface area contributed by atoms with E-state index in [0.29, 0.717) is 22.3 Å². The van der Waals surface area contributed by atoms with Crippen LogP contribution in [0, 0.1) is 11.3 Å². The normalized spacial score (nSPS) is 10.4. The van der Waals surface area contributed by atoms with Crippen molar-refractivity contribution >= 4 is 17.0 Å². The van der Waals surface area contributed by atoms with E-state index < -0.39 is 11.7 Å². The quantitative estimate of drug-likeness (QED) is 0.748. The number of imidazole rings is 1. The number of fused-ring (bicyclic) bond motifs is 1. The molecule has 6 nitrogen and oxygen atoms in total. The van der Waals surface area contributed by atoms with Crippen LogP contribution in [-0.4, -0.2) is 20.6 Å². The van der Waals surface area contributed by atoms with Crippen LogP contribution in [0.1, 0.15) is 15.9 Å². The fraction of sp³-hybridized carbons (Fsp3) is 0. The largest absolute Gasteiger partial charge is 0.478 e. The summed E-state index contributed by atoms with van der Waals surface area (Å²) in [4.78, 5) is 25.7. The summed E-state index contributed by atoms with van der Waals surface area (Å²) in [5.74, 6) is -1.07. The minimum Gasteiger partial charge on any atom is -0.478 e. The van der Waals surface area contributed by atoms with Gasteiger partial charge in [-0.25, -0.2) is 9.59 Å². The van der Waals surface area contributed by atoms with Gasteiger partial charge in [-0.05, 0) is 30.3 Å². The van der Waals surface area contributed by atoms with Gasteiger partial charge in [0.05, 0.1) is 27.8 Å². The smallest absolute Gasteiger partial charge is 0.335 e. The average molecular weight is 279 g/mol. The Balaban J connectivity index is 2.34. The van der Waals surface area contributed by atoms with Crippen molar-refractivity contribution in [2.75, 3.05) is 0 Å². The summed E-state index contributed by atoms with van der Waals surface area (Å²) >= 11 is 0. The average Bonchev–Trinajstić information content (AvgIpc) is 2.81. The Morgan fingerprint density at radius 3 is 2.71 bits per heavy atom. The predicted octanol–water partition coefficient (Wildman–Crippen LogP) is 1.89. The topological polar surface area (TPSA) is 98.9 Å². The standard InChI is InChI=1S/C15H9N3O3/c16-8-10-3-1-2-4-12(10)18-13-6-5-9(14(19)20)7-11(13)17-15(18)21/h1-7H,(H,17,21)(H,19,20). The van der Waals surface area contributed by atoms with Crippen LogP contribution in [-0.2, 0) is 0 Å². The SMILES string of the molecule is N#Cc1ccccc1-n1c(=O)[nH]c2cc(C(=O)O)ccc21. The van der Waals surface area contributed by atoms with Gasteiger partial charge in [-0.3, -0.25) is 4.57 Å². The van der Waals surface area contributed by atoms with E-state index in [9.17, 15) is 9.59 Å². The van der Waals surface area contributed by atoms with Crippen LogP contribution < -0.4 is 5.69 Å². The fourth-order valence-corrected chi connectivity index (χ4v) is 2.25. The van der Waals surface area contributed by atoms with Gasteiger partial charge in [0.2, 0.25) is 0 Å². The number of H-pyrrole nitrogens is 1. The van der Waals surface area contributed by atoms with Crippen LogP contribution in [0.25, 0.3) is 16.7 Å². The Kier molecular flexibility index (Phi) is 2.81. The van der Waals surface area contributed by atoms with Crippen molar-refractivity contribution in [1.82, 2.24) is 9.55 Å². The third kappa shape index (κ3) is 1.97. The first kappa shape index (κ1) is 12.7. The molecule has 0 atom stereocenters. The van der Waals surface area contributed by atoms with Gasteiger partial charge in [-0.1, -0.05) is 12.1 Å². The van der Waals surface area contributed by atoms with E-state index in [4.69, 9.17) is 10.4 Å². The molecule has 0 aliphatic carbocycles. The molecule has 1 heterocycles. The first-order valence-corrected chi connectivity index (χ1v) is 6.09. The van der Waals surface area contributed by atoms with Crippen molar-refractivity contribution in [2.24, 2.45) is 0 Å². The number of aromatic carboxylic acids is 1. The molecule has 0 amide bonds. The Bertz CT molecular complexity index is 960. The zero-order valence-corrected chi connectivity index (χ0v) is 10.7. The van der Waals surface area contributed by atoms with E-state index in [1.54, 1.807) is 30.3 Å². The number of hydrogen-bond donors (Lipinski definition) is 2. The van der Waals surface area contributed by atoms with Gasteiger partial charge in [0.1, 0.15) is 6.07 Å². The summed E-state index contributed by atoms with van der Waals surface area (Å²) < 4.78 is 1.36. The number of hydrogen-bond acceptors (Lipinski definition) is 3. The number of rotatable bonds is 2. The van der Waals surface area contributed by atoms with Gasteiger partial charge >= 0.3 is 11.7 Å². The highest BCUT2D eigenvalue weighted by atomic mass is 16.4. The van der Waals surface area contributed by atoms with Crippen molar-refractivity contribution in [3.05, 3.63) is 64.1 Å². The number of carboxylic acid groups (broad SMARTS) is 1. The van der Waals surface area contributed by atoms with Crippen molar-refractivity contribution in [1.29, 1.82) is 5.26 Å². The molecular weight excluding hydrogens is 270 g/mol. The molecule has 3 aromatic rings. The van der Waals surface area contributed by atoms with Gasteiger partial charge in [0.25, 0.3) is 0 Å². The minimum absolute atomic E-state index is 0.0875. The zero-order valence-electron chi connectivity index (χ0n) is 10.7. The summed E-state index contributed by atoms with van der Waals surface area (Å²) in [5.41, 5.74) is 1.42. The van der Waals surface area contributed by atoms with E-state index in [1.165, 1.54) is 16.7 Å². The molecule has 21 heavy (non-hydrogen) atoms. The number of nitrogens with one attached hydrogen (secondary N) is 1. The lowest BCUT2D eigenvalue weighted by Gasteiger charge is -2.05. The summed E-state index contributed by atoms with van der Waals surface area (Å²) in [6.45, 7) is 0. The molecular formula is C15H9N3O3. The lowest BCUT2D eigenvalue weighted by Crippen LogP contribution is -2.15. The first-order valence-electron chi connectivity index (χ1n) is 6.09. The fourth-order valence-electron chi connectivity index (χ4n) is 2.25. The molecule has 0 spiro atoms. The molecule has 102 valence electrons. The first-order chi connectivity index (χ1) is 10.1. The van der Waals surface area contributed by atoms with E-state index in [2.05, 4.69) is 4.98 Å². The molecule has 0 saturated heterocycles. The monoisotopic (exact) mass is 279 g/mol. The third-order valence-corrected chi connectivity index (χ3v) is 3.19. The highest BCUT2D eigenvalue weighted by Crippen LogP contribution is 2.19. The van der Waals surface area contributed by atoms with Crippen molar-refractivity contribution in [2.45, 2.75) is 0 Å². The van der Waals surface area contributed by atoms with Crippen molar-refractivity contribution in [3.8, 4) is 11.8 Å². The second-order valence-electron chi connectivity index (χ2n) is 4.43. The molecule has 2 aromatic carbocycles. The molecule has 0 aliphatic rings. The molecule has 0 bridgehead atoms. The minimum atomic E-state index is -1.07. The number of para-hydroxylation sites is 1. The number of nitrogens with zero attached hydrogens (tertiary/aromatic N) is 2. The number of benzene rings is 2. The van der Waals surface area contributed by atoms with Gasteiger partial charge in [0.15, 0.2) is 0 Å². The number of carbonyl (C=O) groups is 1. The Morgan fingerprint density at radius 2 is 2.00 bits per heavy atom. The van der Waals surface area contributed by atoms with E-state index in [0.717, 1.165) is 0 Å². The molecule has 0 unspecified atom stereocenters. The van der Waals surface area contributed by atoms with E-state index in [1.807, 2.05) is 6.07 Å². The molecule has 0 aliphatic heterocycles. The Labute approximate surface area is 118 Å². The Hall–Kier alpha value is -3.33. The van der Waals surface area contributed by atoms with Crippen LogP contribution in [0.3, 0.4) is 0 Å². The maximum atomic E-state index is 12.1. The second kappa shape index (κ2) is 4.65. The summed E-state index contributed by atoms with van der Waals surface area (Å²) in [5, 5.41) is 18.1. The van der Waals surface area contributed by atoms with Crippen LogP contribution >= 0.6 is 0 Å². The summed E-state index contributed by atoms with van der Waals surface area (Å²) in [6.07, 6.45) is 0. The third-order valence-electron chi connectivity index (χ3n) is 3.19. The molecule has 6 heteroatoms. The predicted molar refractivity (Wildman–Crippen MR) is 75.6 cm³/mol. The lowest BCUT2D eigenvalue weighted by molar-refractivity contribution is 0.0697. The van der Waals surface area contributed by atoms with E-state index >= 15 is 0 Å². The zero-order chi connectivity index (χ0) is 15.0. The molecule has 0 fully saturated rings. The molecule has 2 N–H and O–H groups in total. The van der Waals surface area contributed by atoms with Gasteiger partial charge < -0.3 is 10.1 Å². The second-order valence-corrected chi connectivity index (χ2v) is 4.43. The van der Waals surface area contributed by atoms with Gasteiger partial charge in [-0.2, -0.15) is 5.26 Å². The molecule has 0 radical (unpaired) electrons. The highest BCUT2D eigenvalue weighted by Gasteiger charge is 2.13. The number of aromatic amines is 1. The lowest BCUT2D eigenvalue weighted by atomic mass is 10.1. The summed E-state index contributed by atoms with van der Waals surface area (Å²) in [6, 6.07) is 13.1. The maximum Gasteiger partial charge on any atom is 0.335 e. The van der Waals surface area contributed by atoms with Gasteiger partial charge in [0, 0.05) is 0 Å². The van der Waals surface area contributed by atoms with Crippen LogP contribution in [0.5, 0.6) is 0 Å². The molecule has 0 saturated carbocycles. The summed E-state index contributed by atoms with van der Waals surface area (Å²) in [7, 11) is 0. The highest BCUT2D eigenvalue weighted by molar-refractivity contribution is 5.92. The number of nitriles is 1. The van der Waals surface area contributed by atoms with Crippen LogP contribution in [0.15, 0.2) is 47.3 Å². The Morgan fingerprint density at radius 1 is 1.24 bits per heavy atom. The van der Waals surface area contributed by atoms with Crippen molar-refractivity contribution in [3.63, 3.8) is 0 Å². The van der Waals surface area contributed by atoms with Crippen LogP contribution in [0.2, 0.25) is 0 Å². The maximum absolute atomic E-state index is 12.1. The molecule has 3 rings (SSSR count). The van der Waals surface area contributed by atoms with Gasteiger partial charge in [-0.15, -0.1) is 0 Å². The van der Waals surface area contributed by atoms with Crippen LogP contribution in [0.4, 0.5) is 0 Å². The molecule has 1 aromatic heterocycles. The van der Waals surface area contributed by atoms with Crippen molar-refractivity contribution < 1.29 is 9.90 Å². The van der Waals surface area contributed by atoms with E-state index in [-0.39, 0.29) is 5.56 Å². The number of aromatic nitrogens is 2. The number of carboxylic acids is 1.